The quantitative estimate of drug-likeness (QED) is 0.752. The summed E-state index contributed by atoms with van der Waals surface area (Å²) < 4.78 is 10.8. The molecule has 0 saturated carbocycles. The zero-order chi connectivity index (χ0) is 18.7. The predicted octanol–water partition coefficient (Wildman–Crippen LogP) is 4.65. The first-order valence-electron chi connectivity index (χ1n) is 7.39. The molecule has 0 radical (unpaired) electrons. The molecule has 1 aromatic heterocycles. The Bertz CT molecular complexity index is 808. The van der Waals surface area contributed by atoms with Gasteiger partial charge in [0.1, 0.15) is 21.5 Å². The molecule has 0 aliphatic carbocycles. The third-order valence-electron chi connectivity index (χ3n) is 3.43. The van der Waals surface area contributed by atoms with Gasteiger partial charge in [-0.1, -0.05) is 37.0 Å². The van der Waals surface area contributed by atoms with Crippen LogP contribution in [-0.4, -0.2) is 28.3 Å². The van der Waals surface area contributed by atoms with E-state index in [0.29, 0.717) is 11.3 Å². The van der Waals surface area contributed by atoms with E-state index in [9.17, 15) is 9.90 Å². The van der Waals surface area contributed by atoms with Crippen molar-refractivity contribution in [3.8, 4) is 23.1 Å². The molecular weight excluding hydrogens is 369 g/mol. The minimum absolute atomic E-state index is 0.00706. The number of phenolic OH excluding ortho intramolecular Hbond substituents is 1. The number of carbonyl (C=O) groups is 1. The second kappa shape index (κ2) is 7.80. The molecule has 0 amide bonds. The molecule has 1 heterocycles. The zero-order valence-electron chi connectivity index (χ0n) is 13.8. The van der Waals surface area contributed by atoms with Gasteiger partial charge in [-0.05, 0) is 24.1 Å². The summed E-state index contributed by atoms with van der Waals surface area (Å²) in [5.74, 6) is -0.425. The summed E-state index contributed by atoms with van der Waals surface area (Å²) >= 11 is 12.4. The van der Waals surface area contributed by atoms with Crippen molar-refractivity contribution in [2.75, 3.05) is 7.11 Å². The van der Waals surface area contributed by atoms with Crippen molar-refractivity contribution in [1.82, 2.24) is 4.98 Å². The third-order valence-corrected chi connectivity index (χ3v) is 4.15. The number of rotatable bonds is 6. The number of phenols is 1. The molecule has 0 aliphatic rings. The van der Waals surface area contributed by atoms with E-state index in [4.69, 9.17) is 37.8 Å². The van der Waals surface area contributed by atoms with E-state index in [2.05, 4.69) is 4.98 Å². The summed E-state index contributed by atoms with van der Waals surface area (Å²) in [6.45, 7) is 3.86. The smallest absolute Gasteiger partial charge is 0.309 e. The maximum atomic E-state index is 11.0. The first-order chi connectivity index (χ1) is 11.7. The van der Waals surface area contributed by atoms with E-state index in [-0.39, 0.29) is 39.0 Å². The van der Waals surface area contributed by atoms with Gasteiger partial charge in [0, 0.05) is 5.56 Å². The van der Waals surface area contributed by atoms with Crippen LogP contribution in [0, 0.1) is 0 Å². The van der Waals surface area contributed by atoms with Crippen LogP contribution < -0.4 is 9.47 Å². The molecule has 2 rings (SSSR count). The van der Waals surface area contributed by atoms with Gasteiger partial charge in [0.15, 0.2) is 5.75 Å². The van der Waals surface area contributed by atoms with Crippen molar-refractivity contribution in [1.29, 1.82) is 0 Å². The van der Waals surface area contributed by atoms with Crippen molar-refractivity contribution >= 4 is 29.2 Å². The highest BCUT2D eigenvalue weighted by atomic mass is 35.5. The highest BCUT2D eigenvalue weighted by Crippen LogP contribution is 2.43. The number of halogens is 2. The zero-order valence-corrected chi connectivity index (χ0v) is 15.4. The van der Waals surface area contributed by atoms with Gasteiger partial charge in [-0.25, -0.2) is 4.98 Å². The highest BCUT2D eigenvalue weighted by Gasteiger charge is 2.22. The Kier molecular flexibility index (Phi) is 5.98. The maximum Gasteiger partial charge on any atom is 0.309 e. The third kappa shape index (κ3) is 4.27. The van der Waals surface area contributed by atoms with Crippen molar-refractivity contribution < 1.29 is 24.5 Å². The Labute approximate surface area is 154 Å². The summed E-state index contributed by atoms with van der Waals surface area (Å²) in [6.07, 6.45) is -0.407. The number of carboxylic acids is 1. The average molecular weight is 386 g/mol. The summed E-state index contributed by atoms with van der Waals surface area (Å²) in [5, 5.41) is 18.9. The minimum Gasteiger partial charge on any atom is -0.508 e. The molecule has 0 aliphatic heterocycles. The number of ether oxygens (including phenoxy) is 2. The largest absolute Gasteiger partial charge is 0.508 e. The number of nitrogens with zero attached hydrogens (tertiary/aromatic N) is 1. The van der Waals surface area contributed by atoms with Crippen LogP contribution in [0.25, 0.3) is 0 Å². The van der Waals surface area contributed by atoms with Gasteiger partial charge in [-0.3, -0.25) is 4.79 Å². The molecule has 0 saturated heterocycles. The molecule has 0 fully saturated rings. The summed E-state index contributed by atoms with van der Waals surface area (Å²) in [5.41, 5.74) is 0.768. The molecule has 134 valence electrons. The second-order valence-corrected chi connectivity index (χ2v) is 6.33. The predicted molar refractivity (Wildman–Crippen MR) is 94.4 cm³/mol. The normalized spacial score (nSPS) is 10.8. The standard InChI is InChI=1S/C17H17Cl2NO5/c1-8(2)10-6-9(4-5-12(10)21)25-16-14(18)11(7-13(22)23)20-17(24-3)15(16)19/h4-6,8,21H,7H2,1-3H3,(H,22,23). The first kappa shape index (κ1) is 19.1. The average Bonchev–Trinajstić information content (AvgIpc) is 2.54. The Balaban J connectivity index is 2.51. The van der Waals surface area contributed by atoms with Gasteiger partial charge in [0.2, 0.25) is 5.88 Å². The van der Waals surface area contributed by atoms with Crippen molar-refractivity contribution in [3.63, 3.8) is 0 Å². The van der Waals surface area contributed by atoms with Gasteiger partial charge in [0.05, 0.1) is 19.2 Å². The Morgan fingerprint density at radius 2 is 1.96 bits per heavy atom. The van der Waals surface area contributed by atoms with Crippen molar-refractivity contribution in [3.05, 3.63) is 39.5 Å². The van der Waals surface area contributed by atoms with Gasteiger partial charge < -0.3 is 19.7 Å². The highest BCUT2D eigenvalue weighted by molar-refractivity contribution is 6.38. The summed E-state index contributed by atoms with van der Waals surface area (Å²) in [6, 6.07) is 4.72. The van der Waals surface area contributed by atoms with E-state index in [1.54, 1.807) is 12.1 Å². The first-order valence-corrected chi connectivity index (χ1v) is 8.14. The van der Waals surface area contributed by atoms with Crippen molar-refractivity contribution in [2.24, 2.45) is 0 Å². The SMILES string of the molecule is COc1nc(CC(=O)O)c(Cl)c(Oc2ccc(O)c(C(C)C)c2)c1Cl. The van der Waals surface area contributed by atoms with Crippen molar-refractivity contribution in [2.45, 2.75) is 26.2 Å². The summed E-state index contributed by atoms with van der Waals surface area (Å²) in [7, 11) is 1.36. The Hall–Kier alpha value is -2.18. The van der Waals surface area contributed by atoms with Gasteiger partial charge in [0.25, 0.3) is 0 Å². The topological polar surface area (TPSA) is 88.9 Å². The van der Waals surface area contributed by atoms with Gasteiger partial charge in [-0.15, -0.1) is 0 Å². The Morgan fingerprint density at radius 3 is 2.52 bits per heavy atom. The number of methoxy groups -OCH3 is 1. The van der Waals surface area contributed by atoms with Crippen LogP contribution in [0.1, 0.15) is 31.0 Å². The molecule has 2 aromatic rings. The number of hydrogen-bond acceptors (Lipinski definition) is 5. The molecule has 6 nitrogen and oxygen atoms in total. The number of aliphatic carboxylic acids is 1. The number of carboxylic acid groups (broad SMARTS) is 1. The molecule has 25 heavy (non-hydrogen) atoms. The fourth-order valence-electron chi connectivity index (χ4n) is 2.21. The van der Waals surface area contributed by atoms with Crippen LogP contribution in [0.3, 0.4) is 0 Å². The van der Waals surface area contributed by atoms with Crippen LogP contribution in [0.2, 0.25) is 10.0 Å². The van der Waals surface area contributed by atoms with Gasteiger partial charge >= 0.3 is 5.97 Å². The molecule has 0 spiro atoms. The number of benzene rings is 1. The van der Waals surface area contributed by atoms with E-state index in [0.717, 1.165) is 0 Å². The number of hydrogen-bond donors (Lipinski definition) is 2. The molecular formula is C17H17Cl2NO5. The molecule has 0 bridgehead atoms. The monoisotopic (exact) mass is 385 g/mol. The number of aromatic hydroxyl groups is 1. The Morgan fingerprint density at radius 1 is 1.28 bits per heavy atom. The molecule has 2 N–H and O–H groups in total. The van der Waals surface area contributed by atoms with Crippen LogP contribution in [-0.2, 0) is 11.2 Å². The van der Waals surface area contributed by atoms with Crippen LogP contribution in [0.5, 0.6) is 23.1 Å². The van der Waals surface area contributed by atoms with Crippen LogP contribution >= 0.6 is 23.2 Å². The van der Waals surface area contributed by atoms with Crippen LogP contribution in [0.15, 0.2) is 18.2 Å². The van der Waals surface area contributed by atoms with E-state index in [1.807, 2.05) is 13.8 Å². The van der Waals surface area contributed by atoms with E-state index < -0.39 is 12.4 Å². The fourth-order valence-corrected chi connectivity index (χ4v) is 2.75. The fraction of sp³-hybridized carbons (Fsp3) is 0.294. The molecule has 8 heteroatoms. The lowest BCUT2D eigenvalue weighted by Gasteiger charge is -2.16. The lowest BCUT2D eigenvalue weighted by molar-refractivity contribution is -0.136. The van der Waals surface area contributed by atoms with E-state index >= 15 is 0 Å². The minimum atomic E-state index is -1.10. The molecule has 0 unspecified atom stereocenters. The number of pyridine rings is 1. The molecule has 0 atom stereocenters. The summed E-state index contributed by atoms with van der Waals surface area (Å²) in [4.78, 5) is 15.0. The second-order valence-electron chi connectivity index (χ2n) is 5.57. The van der Waals surface area contributed by atoms with E-state index in [1.165, 1.54) is 13.2 Å². The molecule has 1 aromatic carbocycles. The lowest BCUT2D eigenvalue weighted by atomic mass is 10.0. The lowest BCUT2D eigenvalue weighted by Crippen LogP contribution is -2.06. The maximum absolute atomic E-state index is 11.0. The van der Waals surface area contributed by atoms with Crippen LogP contribution in [0.4, 0.5) is 0 Å². The van der Waals surface area contributed by atoms with Gasteiger partial charge in [-0.2, -0.15) is 0 Å². The number of aromatic nitrogens is 1.